The zero-order chi connectivity index (χ0) is 10.1. The summed E-state index contributed by atoms with van der Waals surface area (Å²) in [4.78, 5) is 13.8. The van der Waals surface area contributed by atoms with Gasteiger partial charge in [0.2, 0.25) is 5.91 Å². The molecule has 14 heavy (non-hydrogen) atoms. The van der Waals surface area contributed by atoms with Gasteiger partial charge in [0, 0.05) is 19.5 Å². The number of rotatable bonds is 3. The summed E-state index contributed by atoms with van der Waals surface area (Å²) in [7, 11) is 0. The molecule has 2 aliphatic rings. The summed E-state index contributed by atoms with van der Waals surface area (Å²) in [5.41, 5.74) is 0. The third-order valence-electron chi connectivity index (χ3n) is 3.65. The van der Waals surface area contributed by atoms with Crippen LogP contribution in [0.25, 0.3) is 0 Å². The lowest BCUT2D eigenvalue weighted by Gasteiger charge is -2.34. The molecule has 2 nitrogen and oxygen atoms in total. The van der Waals surface area contributed by atoms with E-state index in [0.717, 1.165) is 43.7 Å². The van der Waals surface area contributed by atoms with Crippen LogP contribution in [-0.4, -0.2) is 23.9 Å². The van der Waals surface area contributed by atoms with Gasteiger partial charge in [0.15, 0.2) is 0 Å². The fraction of sp³-hybridized carbons (Fsp3) is 0.917. The Kier molecular flexibility index (Phi) is 2.80. The average Bonchev–Trinajstić information content (AvgIpc) is 2.92. The molecule has 0 spiro atoms. The van der Waals surface area contributed by atoms with Gasteiger partial charge in [-0.25, -0.2) is 0 Å². The number of hydrogen-bond acceptors (Lipinski definition) is 1. The molecule has 1 saturated carbocycles. The standard InChI is InChI=1S/C12H21NO/c1-9(2)11-5-6-12(14)13(8-11)7-10-3-4-10/h9-11H,3-8H2,1-2H3. The van der Waals surface area contributed by atoms with E-state index in [1.807, 2.05) is 0 Å². The molecule has 1 saturated heterocycles. The Bertz CT molecular complexity index is 220. The minimum absolute atomic E-state index is 0.397. The van der Waals surface area contributed by atoms with Crippen molar-refractivity contribution >= 4 is 5.91 Å². The number of hydrogen-bond donors (Lipinski definition) is 0. The number of carbonyl (C=O) groups excluding carboxylic acids is 1. The van der Waals surface area contributed by atoms with E-state index in [9.17, 15) is 4.79 Å². The molecule has 0 N–H and O–H groups in total. The molecule has 1 heterocycles. The van der Waals surface area contributed by atoms with E-state index in [-0.39, 0.29) is 0 Å². The second kappa shape index (κ2) is 3.92. The fourth-order valence-electron chi connectivity index (χ4n) is 2.28. The second-order valence-corrected chi connectivity index (χ2v) is 5.28. The summed E-state index contributed by atoms with van der Waals surface area (Å²) in [5.74, 6) is 2.70. The predicted molar refractivity (Wildman–Crippen MR) is 56.9 cm³/mol. The lowest BCUT2D eigenvalue weighted by Crippen LogP contribution is -2.42. The van der Waals surface area contributed by atoms with E-state index in [2.05, 4.69) is 18.7 Å². The van der Waals surface area contributed by atoms with Crippen LogP contribution in [0.1, 0.15) is 39.5 Å². The van der Waals surface area contributed by atoms with Gasteiger partial charge < -0.3 is 4.90 Å². The van der Waals surface area contributed by atoms with Crippen LogP contribution >= 0.6 is 0 Å². The van der Waals surface area contributed by atoms with Crippen LogP contribution in [0.2, 0.25) is 0 Å². The number of carbonyl (C=O) groups is 1. The average molecular weight is 195 g/mol. The summed E-state index contributed by atoms with van der Waals surface area (Å²) >= 11 is 0. The van der Waals surface area contributed by atoms with Crippen LogP contribution in [0.4, 0.5) is 0 Å². The SMILES string of the molecule is CC(C)C1CCC(=O)N(CC2CC2)C1. The molecule has 0 aromatic heterocycles. The van der Waals surface area contributed by atoms with Crippen molar-refractivity contribution in [2.45, 2.75) is 39.5 Å². The minimum Gasteiger partial charge on any atom is -0.342 e. The Balaban J connectivity index is 1.88. The predicted octanol–water partition coefficient (Wildman–Crippen LogP) is 2.29. The molecular formula is C12H21NO. The van der Waals surface area contributed by atoms with Crippen molar-refractivity contribution in [3.63, 3.8) is 0 Å². The molecule has 1 unspecified atom stereocenters. The molecule has 80 valence electrons. The normalized spacial score (nSPS) is 28.6. The van der Waals surface area contributed by atoms with Crippen LogP contribution in [0, 0.1) is 17.8 Å². The molecule has 2 fully saturated rings. The smallest absolute Gasteiger partial charge is 0.222 e. The number of likely N-dealkylation sites (tertiary alicyclic amines) is 1. The van der Waals surface area contributed by atoms with Crippen molar-refractivity contribution in [3.05, 3.63) is 0 Å². The summed E-state index contributed by atoms with van der Waals surface area (Å²) in [5, 5.41) is 0. The quantitative estimate of drug-likeness (QED) is 0.676. The van der Waals surface area contributed by atoms with Gasteiger partial charge >= 0.3 is 0 Å². The van der Waals surface area contributed by atoms with Crippen LogP contribution < -0.4 is 0 Å². The van der Waals surface area contributed by atoms with Crippen molar-refractivity contribution in [1.82, 2.24) is 4.90 Å². The van der Waals surface area contributed by atoms with Gasteiger partial charge in [0.25, 0.3) is 0 Å². The highest BCUT2D eigenvalue weighted by Crippen LogP contribution is 2.32. The Morgan fingerprint density at radius 3 is 2.64 bits per heavy atom. The van der Waals surface area contributed by atoms with Gasteiger partial charge in [0.1, 0.15) is 0 Å². The van der Waals surface area contributed by atoms with E-state index in [0.29, 0.717) is 5.91 Å². The topological polar surface area (TPSA) is 20.3 Å². The van der Waals surface area contributed by atoms with Crippen LogP contribution in [-0.2, 0) is 4.79 Å². The van der Waals surface area contributed by atoms with E-state index in [1.54, 1.807) is 0 Å². The van der Waals surface area contributed by atoms with Crippen molar-refractivity contribution in [3.8, 4) is 0 Å². The van der Waals surface area contributed by atoms with E-state index in [1.165, 1.54) is 12.8 Å². The minimum atomic E-state index is 0.397. The molecule has 1 aliphatic carbocycles. The Morgan fingerprint density at radius 1 is 1.36 bits per heavy atom. The molecule has 0 radical (unpaired) electrons. The summed E-state index contributed by atoms with van der Waals surface area (Å²) in [6.07, 6.45) is 4.58. The van der Waals surface area contributed by atoms with E-state index < -0.39 is 0 Å². The third kappa shape index (κ3) is 2.28. The lowest BCUT2D eigenvalue weighted by atomic mass is 9.87. The van der Waals surface area contributed by atoms with Crippen molar-refractivity contribution in [2.75, 3.05) is 13.1 Å². The molecule has 0 aromatic rings. The van der Waals surface area contributed by atoms with Gasteiger partial charge in [-0.2, -0.15) is 0 Å². The highest BCUT2D eigenvalue weighted by Gasteiger charge is 2.31. The molecule has 2 heteroatoms. The van der Waals surface area contributed by atoms with Crippen LogP contribution in [0.5, 0.6) is 0 Å². The monoisotopic (exact) mass is 195 g/mol. The summed E-state index contributed by atoms with van der Waals surface area (Å²) < 4.78 is 0. The molecule has 0 aromatic carbocycles. The number of amides is 1. The van der Waals surface area contributed by atoms with Crippen LogP contribution in [0.15, 0.2) is 0 Å². The molecule has 1 atom stereocenters. The van der Waals surface area contributed by atoms with Crippen LogP contribution in [0.3, 0.4) is 0 Å². The van der Waals surface area contributed by atoms with Crippen molar-refractivity contribution in [1.29, 1.82) is 0 Å². The van der Waals surface area contributed by atoms with Gasteiger partial charge in [-0.15, -0.1) is 0 Å². The maximum atomic E-state index is 11.7. The first kappa shape index (κ1) is 10.0. The van der Waals surface area contributed by atoms with Gasteiger partial charge in [-0.1, -0.05) is 13.8 Å². The van der Waals surface area contributed by atoms with Gasteiger partial charge in [0.05, 0.1) is 0 Å². The first-order valence-electron chi connectivity index (χ1n) is 5.94. The number of piperidine rings is 1. The molecule has 0 bridgehead atoms. The zero-order valence-corrected chi connectivity index (χ0v) is 9.33. The molecule has 1 amide bonds. The van der Waals surface area contributed by atoms with Gasteiger partial charge in [-0.3, -0.25) is 4.79 Å². The zero-order valence-electron chi connectivity index (χ0n) is 9.33. The third-order valence-corrected chi connectivity index (χ3v) is 3.65. The largest absolute Gasteiger partial charge is 0.342 e. The Morgan fingerprint density at radius 2 is 2.07 bits per heavy atom. The summed E-state index contributed by atoms with van der Waals surface area (Å²) in [6.45, 7) is 6.61. The summed E-state index contributed by atoms with van der Waals surface area (Å²) in [6, 6.07) is 0. The Labute approximate surface area is 86.7 Å². The molecule has 1 aliphatic heterocycles. The maximum Gasteiger partial charge on any atom is 0.222 e. The lowest BCUT2D eigenvalue weighted by molar-refractivity contribution is -0.135. The highest BCUT2D eigenvalue weighted by molar-refractivity contribution is 5.77. The highest BCUT2D eigenvalue weighted by atomic mass is 16.2. The molecule has 2 rings (SSSR count). The van der Waals surface area contributed by atoms with Crippen molar-refractivity contribution in [2.24, 2.45) is 17.8 Å². The fourth-order valence-corrected chi connectivity index (χ4v) is 2.28. The first-order valence-corrected chi connectivity index (χ1v) is 5.94. The van der Waals surface area contributed by atoms with E-state index in [4.69, 9.17) is 0 Å². The maximum absolute atomic E-state index is 11.7. The van der Waals surface area contributed by atoms with Gasteiger partial charge in [-0.05, 0) is 37.0 Å². The Hall–Kier alpha value is -0.530. The molecular weight excluding hydrogens is 174 g/mol. The van der Waals surface area contributed by atoms with E-state index >= 15 is 0 Å². The second-order valence-electron chi connectivity index (χ2n) is 5.28. The number of nitrogens with zero attached hydrogens (tertiary/aromatic N) is 1. The van der Waals surface area contributed by atoms with Crippen molar-refractivity contribution < 1.29 is 4.79 Å². The first-order chi connectivity index (χ1) is 6.66.